The lowest BCUT2D eigenvalue weighted by Crippen LogP contribution is -2.30. The average molecular weight is 314 g/mol. The summed E-state index contributed by atoms with van der Waals surface area (Å²) in [4.78, 5) is 0.856. The SMILES string of the molecule is CCN(Cc1cccs1)S(=O)(=O)c1ccc(N)c(F)c1. The van der Waals surface area contributed by atoms with Crippen molar-refractivity contribution >= 4 is 27.0 Å². The first kappa shape index (κ1) is 15.0. The van der Waals surface area contributed by atoms with Crippen molar-refractivity contribution < 1.29 is 12.8 Å². The smallest absolute Gasteiger partial charge is 0.243 e. The summed E-state index contributed by atoms with van der Waals surface area (Å²) >= 11 is 1.48. The molecule has 0 aliphatic heterocycles. The molecule has 4 nitrogen and oxygen atoms in total. The van der Waals surface area contributed by atoms with Crippen LogP contribution in [0.5, 0.6) is 0 Å². The van der Waals surface area contributed by atoms with Crippen molar-refractivity contribution in [3.63, 3.8) is 0 Å². The van der Waals surface area contributed by atoms with Crippen LogP contribution in [0.4, 0.5) is 10.1 Å². The van der Waals surface area contributed by atoms with Gasteiger partial charge in [0.05, 0.1) is 10.6 Å². The van der Waals surface area contributed by atoms with Gasteiger partial charge in [0.15, 0.2) is 0 Å². The summed E-state index contributed by atoms with van der Waals surface area (Å²) in [6, 6.07) is 7.28. The van der Waals surface area contributed by atoms with Crippen molar-refractivity contribution in [1.82, 2.24) is 4.31 Å². The van der Waals surface area contributed by atoms with Crippen molar-refractivity contribution in [2.24, 2.45) is 0 Å². The van der Waals surface area contributed by atoms with E-state index in [0.29, 0.717) is 6.54 Å². The quantitative estimate of drug-likeness (QED) is 0.863. The van der Waals surface area contributed by atoms with Crippen molar-refractivity contribution in [2.45, 2.75) is 18.4 Å². The number of thiophene rings is 1. The van der Waals surface area contributed by atoms with Crippen molar-refractivity contribution in [2.75, 3.05) is 12.3 Å². The molecule has 20 heavy (non-hydrogen) atoms. The largest absolute Gasteiger partial charge is 0.396 e. The Morgan fingerprint density at radius 2 is 2.10 bits per heavy atom. The van der Waals surface area contributed by atoms with Gasteiger partial charge in [-0.2, -0.15) is 4.31 Å². The summed E-state index contributed by atoms with van der Waals surface area (Å²) in [6.45, 7) is 2.34. The predicted octanol–water partition coefficient (Wildman–Crippen LogP) is 2.68. The first-order valence-corrected chi connectivity index (χ1v) is 8.34. The number of nitrogen functional groups attached to an aromatic ring is 1. The minimum Gasteiger partial charge on any atom is -0.396 e. The molecule has 0 amide bonds. The van der Waals surface area contributed by atoms with Crippen LogP contribution < -0.4 is 5.73 Å². The number of anilines is 1. The minimum absolute atomic E-state index is 0.0646. The lowest BCUT2D eigenvalue weighted by atomic mass is 10.3. The molecule has 0 unspecified atom stereocenters. The second-order valence-electron chi connectivity index (χ2n) is 4.19. The van der Waals surface area contributed by atoms with Crippen molar-refractivity contribution in [3.05, 3.63) is 46.4 Å². The zero-order valence-corrected chi connectivity index (χ0v) is 12.5. The maximum absolute atomic E-state index is 13.4. The fourth-order valence-corrected chi connectivity index (χ4v) is 4.00. The molecule has 0 bridgehead atoms. The molecule has 7 heteroatoms. The Balaban J connectivity index is 2.33. The Morgan fingerprint density at radius 3 is 2.65 bits per heavy atom. The molecule has 2 rings (SSSR count). The van der Waals surface area contributed by atoms with E-state index in [1.54, 1.807) is 6.92 Å². The zero-order chi connectivity index (χ0) is 14.8. The van der Waals surface area contributed by atoms with Crippen LogP contribution in [0.15, 0.2) is 40.6 Å². The molecule has 2 N–H and O–H groups in total. The molecule has 1 aromatic heterocycles. The Labute approximate surface area is 121 Å². The summed E-state index contributed by atoms with van der Waals surface area (Å²) in [5.41, 5.74) is 5.30. The molecule has 0 fully saturated rings. The summed E-state index contributed by atoms with van der Waals surface area (Å²) in [7, 11) is -3.72. The number of rotatable bonds is 5. The fraction of sp³-hybridized carbons (Fsp3) is 0.231. The first-order chi connectivity index (χ1) is 9.45. The first-order valence-electron chi connectivity index (χ1n) is 6.02. The highest BCUT2D eigenvalue weighted by molar-refractivity contribution is 7.89. The zero-order valence-electron chi connectivity index (χ0n) is 10.9. The maximum atomic E-state index is 13.4. The molecule has 0 saturated carbocycles. The van der Waals surface area contributed by atoms with Gasteiger partial charge >= 0.3 is 0 Å². The van der Waals surface area contributed by atoms with Gasteiger partial charge < -0.3 is 5.73 Å². The number of hydrogen-bond donors (Lipinski definition) is 1. The normalized spacial score (nSPS) is 11.9. The molecule has 1 heterocycles. The third-order valence-corrected chi connectivity index (χ3v) is 5.65. The molecule has 0 saturated heterocycles. The van der Waals surface area contributed by atoms with Gasteiger partial charge in [0.2, 0.25) is 10.0 Å². The summed E-state index contributed by atoms with van der Waals surface area (Å²) < 4.78 is 39.7. The molecular formula is C13H15FN2O2S2. The third kappa shape index (κ3) is 3.00. The molecule has 0 atom stereocenters. The second-order valence-corrected chi connectivity index (χ2v) is 7.16. The summed E-state index contributed by atoms with van der Waals surface area (Å²) in [5.74, 6) is -0.724. The van der Waals surface area contributed by atoms with E-state index in [4.69, 9.17) is 5.73 Å². The van der Waals surface area contributed by atoms with Gasteiger partial charge in [-0.15, -0.1) is 11.3 Å². The Morgan fingerprint density at radius 1 is 1.35 bits per heavy atom. The molecule has 0 radical (unpaired) electrons. The van der Waals surface area contributed by atoms with Crippen molar-refractivity contribution in [1.29, 1.82) is 0 Å². The highest BCUT2D eigenvalue weighted by Gasteiger charge is 2.24. The van der Waals surface area contributed by atoms with E-state index in [9.17, 15) is 12.8 Å². The van der Waals surface area contributed by atoms with Gasteiger partial charge in [0, 0.05) is 18.0 Å². The van der Waals surface area contributed by atoms with E-state index in [0.717, 1.165) is 10.9 Å². The van der Waals surface area contributed by atoms with Crippen molar-refractivity contribution in [3.8, 4) is 0 Å². The Kier molecular flexibility index (Phi) is 4.42. The summed E-state index contributed by atoms with van der Waals surface area (Å²) in [5, 5.41) is 1.89. The molecule has 0 aliphatic rings. The Hall–Kier alpha value is -1.44. The van der Waals surface area contributed by atoms with Crippen LogP contribution in [0.1, 0.15) is 11.8 Å². The molecule has 0 spiro atoms. The van der Waals surface area contributed by atoms with E-state index in [-0.39, 0.29) is 17.1 Å². The van der Waals surface area contributed by atoms with Crippen LogP contribution in [-0.4, -0.2) is 19.3 Å². The number of benzene rings is 1. The van der Waals surface area contributed by atoms with Crippen LogP contribution >= 0.6 is 11.3 Å². The molecule has 108 valence electrons. The van der Waals surface area contributed by atoms with Gasteiger partial charge in [0.25, 0.3) is 0 Å². The van der Waals surface area contributed by atoms with Crippen LogP contribution in [0.3, 0.4) is 0 Å². The van der Waals surface area contributed by atoms with E-state index < -0.39 is 15.8 Å². The number of sulfonamides is 1. The Bertz CT molecular complexity index is 684. The lowest BCUT2D eigenvalue weighted by molar-refractivity contribution is 0.426. The van der Waals surface area contributed by atoms with Gasteiger partial charge in [-0.05, 0) is 29.6 Å². The highest BCUT2D eigenvalue weighted by Crippen LogP contribution is 2.22. The minimum atomic E-state index is -3.72. The maximum Gasteiger partial charge on any atom is 0.243 e. The number of nitrogens with zero attached hydrogens (tertiary/aromatic N) is 1. The standard InChI is InChI=1S/C13H15FN2O2S2/c1-2-16(9-10-4-3-7-19-10)20(17,18)11-5-6-13(15)12(14)8-11/h3-8H,2,9,15H2,1H3. The number of halogens is 1. The van der Waals surface area contributed by atoms with Gasteiger partial charge in [-0.3, -0.25) is 0 Å². The average Bonchev–Trinajstić information content (AvgIpc) is 2.91. The topological polar surface area (TPSA) is 63.4 Å². The van der Waals surface area contributed by atoms with E-state index in [2.05, 4.69) is 0 Å². The third-order valence-electron chi connectivity index (χ3n) is 2.87. The van der Waals surface area contributed by atoms with E-state index in [1.807, 2.05) is 17.5 Å². The monoisotopic (exact) mass is 314 g/mol. The lowest BCUT2D eigenvalue weighted by Gasteiger charge is -2.20. The number of nitrogens with two attached hydrogens (primary N) is 1. The van der Waals surface area contributed by atoms with Gasteiger partial charge in [0.1, 0.15) is 5.82 Å². The number of hydrogen-bond acceptors (Lipinski definition) is 4. The second kappa shape index (κ2) is 5.90. The van der Waals surface area contributed by atoms with E-state index >= 15 is 0 Å². The highest BCUT2D eigenvalue weighted by atomic mass is 32.2. The van der Waals surface area contributed by atoms with Crippen LogP contribution in [0, 0.1) is 5.82 Å². The van der Waals surface area contributed by atoms with Gasteiger partial charge in [-0.25, -0.2) is 12.8 Å². The van der Waals surface area contributed by atoms with Crippen LogP contribution in [0.25, 0.3) is 0 Å². The van der Waals surface area contributed by atoms with Gasteiger partial charge in [-0.1, -0.05) is 13.0 Å². The molecule has 2 aromatic rings. The predicted molar refractivity (Wildman–Crippen MR) is 78.4 cm³/mol. The molecular weight excluding hydrogens is 299 g/mol. The van der Waals surface area contributed by atoms with Crippen LogP contribution in [0.2, 0.25) is 0 Å². The van der Waals surface area contributed by atoms with Crippen LogP contribution in [-0.2, 0) is 16.6 Å². The van der Waals surface area contributed by atoms with E-state index in [1.165, 1.54) is 27.8 Å². The summed E-state index contributed by atoms with van der Waals surface area (Å²) in [6.07, 6.45) is 0. The molecule has 1 aromatic carbocycles. The molecule has 0 aliphatic carbocycles. The fourth-order valence-electron chi connectivity index (χ4n) is 1.76.